The van der Waals surface area contributed by atoms with Crippen molar-refractivity contribution in [3.63, 3.8) is 0 Å². The van der Waals surface area contributed by atoms with Crippen LogP contribution in [-0.4, -0.2) is 17.8 Å². The fraction of sp³-hybridized carbons (Fsp3) is 0.417. The SMILES string of the molecule is CC(CCl)C(C)NC(=O)c1ccc(Br)c(F)c1. The Labute approximate surface area is 114 Å². The minimum atomic E-state index is -0.448. The second kappa shape index (κ2) is 6.36. The second-order valence-electron chi connectivity index (χ2n) is 4.02. The molecule has 0 saturated heterocycles. The number of carbonyl (C=O) groups excluding carboxylic acids is 1. The van der Waals surface area contributed by atoms with E-state index in [9.17, 15) is 9.18 Å². The molecule has 2 atom stereocenters. The van der Waals surface area contributed by atoms with Crippen LogP contribution in [0.1, 0.15) is 24.2 Å². The highest BCUT2D eigenvalue weighted by Crippen LogP contribution is 2.16. The van der Waals surface area contributed by atoms with Crippen molar-refractivity contribution in [2.75, 3.05) is 5.88 Å². The van der Waals surface area contributed by atoms with E-state index in [1.165, 1.54) is 12.1 Å². The monoisotopic (exact) mass is 321 g/mol. The molecule has 0 fully saturated rings. The molecule has 0 aliphatic rings. The van der Waals surface area contributed by atoms with Crippen molar-refractivity contribution in [1.82, 2.24) is 5.32 Å². The van der Waals surface area contributed by atoms with Gasteiger partial charge < -0.3 is 5.32 Å². The fourth-order valence-electron chi connectivity index (χ4n) is 1.20. The van der Waals surface area contributed by atoms with Gasteiger partial charge in [0.1, 0.15) is 5.82 Å². The normalized spacial score (nSPS) is 14.2. The number of alkyl halides is 1. The zero-order valence-corrected chi connectivity index (χ0v) is 12.0. The van der Waals surface area contributed by atoms with Crippen LogP contribution in [0.15, 0.2) is 22.7 Å². The predicted octanol–water partition coefficient (Wildman–Crippen LogP) is 3.58. The first-order valence-electron chi connectivity index (χ1n) is 5.27. The maximum atomic E-state index is 13.3. The number of halogens is 3. The maximum absolute atomic E-state index is 13.3. The summed E-state index contributed by atoms with van der Waals surface area (Å²) in [5.74, 6) is -0.103. The Morgan fingerprint density at radius 2 is 2.18 bits per heavy atom. The molecule has 1 amide bonds. The second-order valence-corrected chi connectivity index (χ2v) is 5.19. The molecule has 0 aliphatic heterocycles. The van der Waals surface area contributed by atoms with Gasteiger partial charge in [0.2, 0.25) is 0 Å². The highest BCUT2D eigenvalue weighted by atomic mass is 79.9. The molecule has 0 spiro atoms. The first kappa shape index (κ1) is 14.5. The van der Waals surface area contributed by atoms with E-state index in [0.717, 1.165) is 0 Å². The topological polar surface area (TPSA) is 29.1 Å². The number of carbonyl (C=O) groups is 1. The van der Waals surface area contributed by atoms with Gasteiger partial charge in [-0.15, -0.1) is 11.6 Å². The van der Waals surface area contributed by atoms with Crippen molar-refractivity contribution in [3.05, 3.63) is 34.1 Å². The molecule has 1 N–H and O–H groups in total. The number of amides is 1. The molecule has 0 saturated carbocycles. The molecular weight excluding hydrogens is 308 g/mol. The van der Waals surface area contributed by atoms with Crippen molar-refractivity contribution < 1.29 is 9.18 Å². The first-order chi connectivity index (χ1) is 7.95. The van der Waals surface area contributed by atoms with Gasteiger partial charge in [0.25, 0.3) is 5.91 Å². The Hall–Kier alpha value is -0.610. The molecule has 0 aromatic heterocycles. The van der Waals surface area contributed by atoms with Crippen LogP contribution < -0.4 is 5.32 Å². The van der Waals surface area contributed by atoms with E-state index in [4.69, 9.17) is 11.6 Å². The van der Waals surface area contributed by atoms with Crippen LogP contribution in [0.5, 0.6) is 0 Å². The first-order valence-corrected chi connectivity index (χ1v) is 6.60. The molecule has 0 bridgehead atoms. The summed E-state index contributed by atoms with van der Waals surface area (Å²) in [7, 11) is 0. The van der Waals surface area contributed by atoms with Crippen molar-refractivity contribution in [2.45, 2.75) is 19.9 Å². The smallest absolute Gasteiger partial charge is 0.251 e. The highest BCUT2D eigenvalue weighted by molar-refractivity contribution is 9.10. The number of rotatable bonds is 4. The molecule has 1 aromatic carbocycles. The Morgan fingerprint density at radius 3 is 2.71 bits per heavy atom. The molecule has 1 aromatic rings. The van der Waals surface area contributed by atoms with Crippen LogP contribution in [0, 0.1) is 11.7 Å². The lowest BCUT2D eigenvalue weighted by molar-refractivity contribution is 0.0930. The van der Waals surface area contributed by atoms with Gasteiger partial charge in [0.15, 0.2) is 0 Å². The van der Waals surface area contributed by atoms with E-state index >= 15 is 0 Å². The van der Waals surface area contributed by atoms with Gasteiger partial charge in [-0.05, 0) is 47.0 Å². The van der Waals surface area contributed by atoms with Crippen LogP contribution in [0.4, 0.5) is 4.39 Å². The Bertz CT molecular complexity index is 413. The number of hydrogen-bond donors (Lipinski definition) is 1. The van der Waals surface area contributed by atoms with Gasteiger partial charge in [-0.25, -0.2) is 4.39 Å². The molecule has 5 heteroatoms. The van der Waals surface area contributed by atoms with Gasteiger partial charge in [-0.3, -0.25) is 4.79 Å². The average molecular weight is 323 g/mol. The zero-order valence-electron chi connectivity index (χ0n) is 9.64. The van der Waals surface area contributed by atoms with Gasteiger partial charge in [0, 0.05) is 17.5 Å². The Balaban J connectivity index is 2.73. The van der Waals surface area contributed by atoms with Crippen molar-refractivity contribution in [1.29, 1.82) is 0 Å². The molecule has 2 nitrogen and oxygen atoms in total. The average Bonchev–Trinajstić information content (AvgIpc) is 2.31. The van der Waals surface area contributed by atoms with Crippen LogP contribution in [0.25, 0.3) is 0 Å². The summed E-state index contributed by atoms with van der Waals surface area (Å²) in [6.45, 7) is 3.82. The third-order valence-corrected chi connectivity index (χ3v) is 3.77. The summed E-state index contributed by atoms with van der Waals surface area (Å²) >= 11 is 8.74. The number of benzene rings is 1. The minimum absolute atomic E-state index is 0.0493. The molecular formula is C12H14BrClFNO. The largest absolute Gasteiger partial charge is 0.349 e. The third-order valence-electron chi connectivity index (χ3n) is 2.64. The lowest BCUT2D eigenvalue weighted by Gasteiger charge is -2.19. The summed E-state index contributed by atoms with van der Waals surface area (Å²) in [6.07, 6.45) is 0. The van der Waals surface area contributed by atoms with E-state index in [0.29, 0.717) is 15.9 Å². The molecule has 0 aliphatic carbocycles. The van der Waals surface area contributed by atoms with Gasteiger partial charge in [-0.2, -0.15) is 0 Å². The lowest BCUT2D eigenvalue weighted by atomic mass is 10.1. The highest BCUT2D eigenvalue weighted by Gasteiger charge is 2.15. The van der Waals surface area contributed by atoms with Gasteiger partial charge >= 0.3 is 0 Å². The number of hydrogen-bond acceptors (Lipinski definition) is 1. The molecule has 1 rings (SSSR count). The van der Waals surface area contributed by atoms with Crippen LogP contribution in [0.2, 0.25) is 0 Å². The summed E-state index contributed by atoms with van der Waals surface area (Å²) in [5.41, 5.74) is 0.305. The van der Waals surface area contributed by atoms with E-state index in [-0.39, 0.29) is 17.9 Å². The van der Waals surface area contributed by atoms with Crippen molar-refractivity contribution >= 4 is 33.4 Å². The van der Waals surface area contributed by atoms with Crippen molar-refractivity contribution in [2.24, 2.45) is 5.92 Å². The zero-order chi connectivity index (χ0) is 13.0. The third kappa shape index (κ3) is 3.96. The molecule has 2 unspecified atom stereocenters. The predicted molar refractivity (Wildman–Crippen MR) is 70.9 cm³/mol. The summed E-state index contributed by atoms with van der Waals surface area (Å²) < 4.78 is 13.6. The van der Waals surface area contributed by atoms with Gasteiger partial charge in [0.05, 0.1) is 4.47 Å². The van der Waals surface area contributed by atoms with E-state index < -0.39 is 5.82 Å². The van der Waals surface area contributed by atoms with Crippen LogP contribution in [-0.2, 0) is 0 Å². The summed E-state index contributed by atoms with van der Waals surface area (Å²) in [5, 5.41) is 2.79. The summed E-state index contributed by atoms with van der Waals surface area (Å²) in [4.78, 5) is 11.8. The van der Waals surface area contributed by atoms with Gasteiger partial charge in [-0.1, -0.05) is 6.92 Å². The molecule has 94 valence electrons. The van der Waals surface area contributed by atoms with E-state index in [1.54, 1.807) is 6.07 Å². The Kier molecular flexibility index (Phi) is 5.40. The minimum Gasteiger partial charge on any atom is -0.349 e. The Morgan fingerprint density at radius 1 is 1.53 bits per heavy atom. The standard InChI is InChI=1S/C12H14BrClFNO/c1-7(6-14)8(2)16-12(17)9-3-4-10(13)11(15)5-9/h3-5,7-8H,6H2,1-2H3,(H,16,17). The van der Waals surface area contributed by atoms with E-state index in [2.05, 4.69) is 21.2 Å². The van der Waals surface area contributed by atoms with Crippen LogP contribution in [0.3, 0.4) is 0 Å². The molecule has 17 heavy (non-hydrogen) atoms. The molecule has 0 heterocycles. The quantitative estimate of drug-likeness (QED) is 0.844. The van der Waals surface area contributed by atoms with E-state index in [1.807, 2.05) is 13.8 Å². The molecule has 0 radical (unpaired) electrons. The fourth-order valence-corrected chi connectivity index (χ4v) is 1.72. The lowest BCUT2D eigenvalue weighted by Crippen LogP contribution is -2.37. The summed E-state index contributed by atoms with van der Waals surface area (Å²) in [6, 6.07) is 4.24. The number of nitrogens with one attached hydrogen (secondary N) is 1. The van der Waals surface area contributed by atoms with Crippen molar-refractivity contribution in [3.8, 4) is 0 Å². The maximum Gasteiger partial charge on any atom is 0.251 e. The van der Waals surface area contributed by atoms with Crippen LogP contribution >= 0.6 is 27.5 Å².